The number of carbonyl (C=O) groups excluding carboxylic acids is 1. The number of nitrogens with one attached hydrogen (secondary N) is 1. The summed E-state index contributed by atoms with van der Waals surface area (Å²) in [7, 11) is 1.78. The first-order chi connectivity index (χ1) is 7.48. The van der Waals surface area contributed by atoms with Crippen LogP contribution >= 0.6 is 0 Å². The number of nitrogens with zero attached hydrogens (tertiary/aromatic N) is 1. The second-order valence-electron chi connectivity index (χ2n) is 5.04. The van der Waals surface area contributed by atoms with Gasteiger partial charge in [-0.25, -0.2) is 0 Å². The standard InChI is InChI=1S/C12H24N2O2/c1-4-5-10(2)11(15)14(3)9-12(16)6-7-13-8-12/h10,13,16H,4-9H2,1-3H3. The number of carbonyl (C=O) groups is 1. The van der Waals surface area contributed by atoms with E-state index < -0.39 is 5.60 Å². The van der Waals surface area contributed by atoms with Crippen molar-refractivity contribution in [1.29, 1.82) is 0 Å². The second kappa shape index (κ2) is 5.64. The summed E-state index contributed by atoms with van der Waals surface area (Å²) in [5, 5.41) is 13.3. The molecule has 4 nitrogen and oxygen atoms in total. The smallest absolute Gasteiger partial charge is 0.225 e. The van der Waals surface area contributed by atoms with Gasteiger partial charge >= 0.3 is 0 Å². The van der Waals surface area contributed by atoms with Crippen molar-refractivity contribution in [3.8, 4) is 0 Å². The molecule has 0 aromatic rings. The first kappa shape index (κ1) is 13.5. The predicted octanol–water partition coefficient (Wildman–Crippen LogP) is 0.605. The molecule has 2 atom stereocenters. The maximum atomic E-state index is 12.0. The highest BCUT2D eigenvalue weighted by molar-refractivity contribution is 5.78. The molecule has 1 amide bonds. The predicted molar refractivity (Wildman–Crippen MR) is 64.1 cm³/mol. The van der Waals surface area contributed by atoms with Crippen molar-refractivity contribution in [3.05, 3.63) is 0 Å². The van der Waals surface area contributed by atoms with Crippen LogP contribution in [-0.4, -0.2) is 48.2 Å². The fourth-order valence-corrected chi connectivity index (χ4v) is 2.32. The average molecular weight is 228 g/mol. The number of rotatable bonds is 5. The fourth-order valence-electron chi connectivity index (χ4n) is 2.32. The van der Waals surface area contributed by atoms with E-state index in [1.54, 1.807) is 11.9 Å². The lowest BCUT2D eigenvalue weighted by Gasteiger charge is -2.29. The highest BCUT2D eigenvalue weighted by atomic mass is 16.3. The Labute approximate surface area is 98.0 Å². The van der Waals surface area contributed by atoms with Crippen LogP contribution in [0.2, 0.25) is 0 Å². The van der Waals surface area contributed by atoms with Gasteiger partial charge in [0.1, 0.15) is 0 Å². The normalized spacial score (nSPS) is 26.8. The molecule has 0 saturated carbocycles. The molecule has 4 heteroatoms. The Balaban J connectivity index is 2.44. The van der Waals surface area contributed by atoms with Crippen molar-refractivity contribution < 1.29 is 9.90 Å². The summed E-state index contributed by atoms with van der Waals surface area (Å²) in [6.07, 6.45) is 2.67. The second-order valence-corrected chi connectivity index (χ2v) is 5.04. The van der Waals surface area contributed by atoms with Crippen LogP contribution in [0.1, 0.15) is 33.1 Å². The Kier molecular flexibility index (Phi) is 4.74. The van der Waals surface area contributed by atoms with Crippen molar-refractivity contribution in [2.45, 2.75) is 38.7 Å². The summed E-state index contributed by atoms with van der Waals surface area (Å²) in [6.45, 7) is 5.90. The molecule has 1 aliphatic rings. The summed E-state index contributed by atoms with van der Waals surface area (Å²) in [5.74, 6) is 0.204. The van der Waals surface area contributed by atoms with Gasteiger partial charge in [0.15, 0.2) is 0 Å². The average Bonchev–Trinajstić information content (AvgIpc) is 2.64. The van der Waals surface area contributed by atoms with Crippen molar-refractivity contribution >= 4 is 5.91 Å². The van der Waals surface area contributed by atoms with Crippen molar-refractivity contribution in [2.24, 2.45) is 5.92 Å². The SMILES string of the molecule is CCCC(C)C(=O)N(C)CC1(O)CCNC1. The van der Waals surface area contributed by atoms with E-state index in [1.807, 2.05) is 6.92 Å². The lowest BCUT2D eigenvalue weighted by molar-refractivity contribution is -0.136. The van der Waals surface area contributed by atoms with E-state index >= 15 is 0 Å². The Hall–Kier alpha value is -0.610. The summed E-state index contributed by atoms with van der Waals surface area (Å²) in [6, 6.07) is 0. The van der Waals surface area contributed by atoms with Crippen LogP contribution < -0.4 is 5.32 Å². The Morgan fingerprint density at radius 2 is 2.31 bits per heavy atom. The molecule has 1 aliphatic heterocycles. The van der Waals surface area contributed by atoms with E-state index in [0.29, 0.717) is 13.1 Å². The van der Waals surface area contributed by atoms with Gasteiger partial charge in [0.2, 0.25) is 5.91 Å². The minimum Gasteiger partial charge on any atom is -0.387 e. The molecular weight excluding hydrogens is 204 g/mol. The minimum absolute atomic E-state index is 0.0629. The van der Waals surface area contributed by atoms with Crippen molar-refractivity contribution in [3.63, 3.8) is 0 Å². The van der Waals surface area contributed by atoms with Gasteiger partial charge < -0.3 is 15.3 Å². The molecule has 1 fully saturated rings. The van der Waals surface area contributed by atoms with Crippen molar-refractivity contribution in [2.75, 3.05) is 26.7 Å². The van der Waals surface area contributed by atoms with Gasteiger partial charge in [-0.3, -0.25) is 4.79 Å². The zero-order valence-electron chi connectivity index (χ0n) is 10.6. The Bertz CT molecular complexity index is 237. The quantitative estimate of drug-likeness (QED) is 0.725. The third-order valence-corrected chi connectivity index (χ3v) is 3.27. The molecule has 1 rings (SSSR count). The van der Waals surface area contributed by atoms with Crippen LogP contribution in [0.5, 0.6) is 0 Å². The molecule has 0 aromatic carbocycles. The number of hydrogen-bond donors (Lipinski definition) is 2. The summed E-state index contributed by atoms with van der Waals surface area (Å²) >= 11 is 0. The number of aliphatic hydroxyl groups is 1. The molecule has 2 N–H and O–H groups in total. The van der Waals surface area contributed by atoms with Crippen LogP contribution in [0.3, 0.4) is 0 Å². The lowest BCUT2D eigenvalue weighted by Crippen LogP contribution is -2.46. The molecule has 1 saturated heterocycles. The molecule has 0 spiro atoms. The van der Waals surface area contributed by atoms with E-state index in [9.17, 15) is 9.90 Å². The van der Waals surface area contributed by atoms with Gasteiger partial charge in [0, 0.05) is 19.5 Å². The van der Waals surface area contributed by atoms with E-state index in [0.717, 1.165) is 25.8 Å². The van der Waals surface area contributed by atoms with E-state index in [-0.39, 0.29) is 11.8 Å². The van der Waals surface area contributed by atoms with Crippen LogP contribution in [-0.2, 0) is 4.79 Å². The zero-order chi connectivity index (χ0) is 12.2. The fraction of sp³-hybridized carbons (Fsp3) is 0.917. The number of likely N-dealkylation sites (N-methyl/N-ethyl adjacent to an activating group) is 1. The maximum absolute atomic E-state index is 12.0. The largest absolute Gasteiger partial charge is 0.387 e. The summed E-state index contributed by atoms with van der Waals surface area (Å²) < 4.78 is 0. The third-order valence-electron chi connectivity index (χ3n) is 3.27. The van der Waals surface area contributed by atoms with E-state index in [2.05, 4.69) is 12.2 Å². The molecule has 0 aromatic heterocycles. The highest BCUT2D eigenvalue weighted by Crippen LogP contribution is 2.17. The number of hydrogen-bond acceptors (Lipinski definition) is 3. The van der Waals surface area contributed by atoms with Gasteiger partial charge in [-0.1, -0.05) is 20.3 Å². The van der Waals surface area contributed by atoms with Gasteiger partial charge in [-0.05, 0) is 19.4 Å². The minimum atomic E-state index is -0.726. The molecule has 0 bridgehead atoms. The van der Waals surface area contributed by atoms with Gasteiger partial charge in [-0.15, -0.1) is 0 Å². The number of amides is 1. The molecule has 94 valence electrons. The molecule has 0 aliphatic carbocycles. The monoisotopic (exact) mass is 228 g/mol. The van der Waals surface area contributed by atoms with Gasteiger partial charge in [0.05, 0.1) is 12.1 Å². The Morgan fingerprint density at radius 1 is 1.62 bits per heavy atom. The van der Waals surface area contributed by atoms with Crippen LogP contribution in [0.15, 0.2) is 0 Å². The van der Waals surface area contributed by atoms with Gasteiger partial charge in [0.25, 0.3) is 0 Å². The van der Waals surface area contributed by atoms with Crippen LogP contribution in [0.25, 0.3) is 0 Å². The maximum Gasteiger partial charge on any atom is 0.225 e. The number of β-amino-alcohol motifs (C(OH)–C–C–N with tert-alkyl or cyclic N) is 1. The first-order valence-electron chi connectivity index (χ1n) is 6.16. The van der Waals surface area contributed by atoms with Gasteiger partial charge in [-0.2, -0.15) is 0 Å². The highest BCUT2D eigenvalue weighted by Gasteiger charge is 2.34. The summed E-state index contributed by atoms with van der Waals surface area (Å²) in [4.78, 5) is 13.6. The molecule has 16 heavy (non-hydrogen) atoms. The molecule has 1 heterocycles. The Morgan fingerprint density at radius 3 is 2.81 bits per heavy atom. The molecule has 0 radical (unpaired) electrons. The van der Waals surface area contributed by atoms with E-state index in [4.69, 9.17) is 0 Å². The zero-order valence-corrected chi connectivity index (χ0v) is 10.6. The van der Waals surface area contributed by atoms with Crippen molar-refractivity contribution in [1.82, 2.24) is 10.2 Å². The third kappa shape index (κ3) is 3.46. The molecular formula is C12H24N2O2. The summed E-state index contributed by atoms with van der Waals surface area (Å²) in [5.41, 5.74) is -0.726. The van der Waals surface area contributed by atoms with E-state index in [1.165, 1.54) is 0 Å². The topological polar surface area (TPSA) is 52.6 Å². The van der Waals surface area contributed by atoms with Crippen LogP contribution in [0, 0.1) is 5.92 Å². The van der Waals surface area contributed by atoms with Crippen LogP contribution in [0.4, 0.5) is 0 Å². The molecule has 2 unspecified atom stereocenters. The lowest BCUT2D eigenvalue weighted by atomic mass is 10.0. The first-order valence-corrected chi connectivity index (χ1v) is 6.16.